The topological polar surface area (TPSA) is 117 Å². The van der Waals surface area contributed by atoms with Crippen molar-refractivity contribution in [3.8, 4) is 9.88 Å². The van der Waals surface area contributed by atoms with E-state index < -0.39 is 11.2 Å². The number of thiophene rings is 1. The van der Waals surface area contributed by atoms with Gasteiger partial charge in [-0.05, 0) is 24.1 Å². The van der Waals surface area contributed by atoms with Crippen LogP contribution in [0.1, 0.15) is 11.3 Å². The van der Waals surface area contributed by atoms with E-state index in [9.17, 15) is 14.4 Å². The first-order chi connectivity index (χ1) is 16.3. The summed E-state index contributed by atoms with van der Waals surface area (Å²) in [6.45, 7) is 0.688. The highest BCUT2D eigenvalue weighted by Gasteiger charge is 2.22. The van der Waals surface area contributed by atoms with Gasteiger partial charge in [-0.25, -0.2) is 9.78 Å². The van der Waals surface area contributed by atoms with E-state index >= 15 is 0 Å². The fourth-order valence-corrected chi connectivity index (χ4v) is 5.14. The first-order valence-corrected chi connectivity index (χ1v) is 12.2. The van der Waals surface area contributed by atoms with Crippen molar-refractivity contribution >= 4 is 40.1 Å². The van der Waals surface area contributed by atoms with Crippen molar-refractivity contribution < 1.29 is 4.79 Å². The summed E-state index contributed by atoms with van der Waals surface area (Å²) in [5, 5.41) is 4.93. The van der Waals surface area contributed by atoms with E-state index in [0.717, 1.165) is 21.1 Å². The fraction of sp³-hybridized carbons (Fsp3) is 0.217. The molecule has 3 N–H and O–H groups in total. The van der Waals surface area contributed by atoms with Crippen molar-refractivity contribution in [1.29, 1.82) is 0 Å². The lowest BCUT2D eigenvalue weighted by Crippen LogP contribution is -2.42. The lowest BCUT2D eigenvalue weighted by Gasteiger charge is -2.23. The number of carbonyl (C=O) groups excluding carboxylic acids is 1. The van der Waals surface area contributed by atoms with Gasteiger partial charge in [-0.2, -0.15) is 0 Å². The average Bonchev–Trinajstić information content (AvgIpc) is 3.49. The van der Waals surface area contributed by atoms with Crippen LogP contribution in [0.15, 0.2) is 62.8 Å². The third-order valence-corrected chi connectivity index (χ3v) is 7.16. The van der Waals surface area contributed by atoms with Gasteiger partial charge in [-0.15, -0.1) is 22.7 Å². The number of carbonyl (C=O) groups is 1. The molecule has 0 fully saturated rings. The van der Waals surface area contributed by atoms with Crippen LogP contribution in [-0.2, 0) is 17.9 Å². The van der Waals surface area contributed by atoms with Crippen LogP contribution in [0, 0.1) is 0 Å². The molecule has 9 nitrogen and oxygen atoms in total. The Kier molecular flexibility index (Phi) is 7.06. The fourth-order valence-electron chi connectivity index (χ4n) is 3.51. The number of amides is 1. The maximum Gasteiger partial charge on any atom is 0.330 e. The molecule has 3 heterocycles. The highest BCUT2D eigenvalue weighted by molar-refractivity contribution is 7.20. The number of benzene rings is 1. The minimum atomic E-state index is -0.703. The number of anilines is 2. The Morgan fingerprint density at radius 2 is 1.88 bits per heavy atom. The lowest BCUT2D eigenvalue weighted by molar-refractivity contribution is -0.119. The summed E-state index contributed by atoms with van der Waals surface area (Å²) in [5.74, 6) is -0.394. The molecule has 0 saturated carbocycles. The van der Waals surface area contributed by atoms with E-state index in [2.05, 4.69) is 9.97 Å². The summed E-state index contributed by atoms with van der Waals surface area (Å²) in [6, 6.07) is 13.3. The maximum atomic E-state index is 13.0. The Morgan fingerprint density at radius 1 is 1.12 bits per heavy atom. The number of nitrogen functional groups attached to an aromatic ring is 1. The number of nitrogens with two attached hydrogens (primary N) is 1. The van der Waals surface area contributed by atoms with Crippen LogP contribution in [0.2, 0.25) is 0 Å². The molecule has 1 aromatic carbocycles. The number of nitrogens with one attached hydrogen (secondary N) is 1. The Bertz CT molecular complexity index is 1390. The molecule has 0 unspecified atom stereocenters. The number of thiazole rings is 1. The van der Waals surface area contributed by atoms with Crippen LogP contribution in [0.4, 0.5) is 11.5 Å². The summed E-state index contributed by atoms with van der Waals surface area (Å²) in [7, 11) is 3.28. The summed E-state index contributed by atoms with van der Waals surface area (Å²) in [6.07, 6.45) is 0. The zero-order valence-corrected chi connectivity index (χ0v) is 20.4. The molecule has 0 bridgehead atoms. The highest BCUT2D eigenvalue weighted by Crippen LogP contribution is 2.28. The van der Waals surface area contributed by atoms with Crippen LogP contribution in [0.3, 0.4) is 0 Å². The lowest BCUT2D eigenvalue weighted by atomic mass is 10.2. The van der Waals surface area contributed by atoms with E-state index in [1.807, 2.05) is 58.1 Å². The van der Waals surface area contributed by atoms with E-state index in [1.54, 1.807) is 29.7 Å². The number of aromatic nitrogens is 3. The second kappa shape index (κ2) is 10.2. The molecule has 3 aromatic heterocycles. The van der Waals surface area contributed by atoms with Gasteiger partial charge in [-0.3, -0.25) is 24.0 Å². The quantitative estimate of drug-likeness (QED) is 0.387. The van der Waals surface area contributed by atoms with Gasteiger partial charge in [0.25, 0.3) is 5.56 Å². The number of nitrogens with zero attached hydrogens (tertiary/aromatic N) is 4. The van der Waals surface area contributed by atoms with Crippen molar-refractivity contribution in [3.05, 3.63) is 85.3 Å². The summed E-state index contributed by atoms with van der Waals surface area (Å²) in [5.41, 5.74) is 6.52. The molecule has 0 spiro atoms. The summed E-state index contributed by atoms with van der Waals surface area (Å²) < 4.78 is 1.25. The second-order valence-corrected chi connectivity index (χ2v) is 9.62. The van der Waals surface area contributed by atoms with Crippen LogP contribution in [0.5, 0.6) is 0 Å². The van der Waals surface area contributed by atoms with E-state index in [-0.39, 0.29) is 30.5 Å². The van der Waals surface area contributed by atoms with Gasteiger partial charge in [-0.1, -0.05) is 36.4 Å². The van der Waals surface area contributed by atoms with Crippen LogP contribution in [-0.4, -0.2) is 46.0 Å². The van der Waals surface area contributed by atoms with Gasteiger partial charge in [0, 0.05) is 19.0 Å². The predicted octanol–water partition coefficient (Wildman–Crippen LogP) is 2.45. The van der Waals surface area contributed by atoms with Gasteiger partial charge < -0.3 is 10.6 Å². The first-order valence-electron chi connectivity index (χ1n) is 10.4. The number of likely N-dealkylation sites (N-methyl/N-ethyl adjacent to an activating group) is 2. The van der Waals surface area contributed by atoms with Crippen molar-refractivity contribution in [2.24, 2.45) is 0 Å². The monoisotopic (exact) mass is 496 g/mol. The zero-order valence-electron chi connectivity index (χ0n) is 18.7. The number of hydrogen-bond acceptors (Lipinski definition) is 8. The Balaban J connectivity index is 1.48. The second-order valence-electron chi connectivity index (χ2n) is 7.81. The molecule has 11 heteroatoms. The molecule has 4 rings (SSSR count). The SMILES string of the molecule is CN(CC(=O)N(C)c1c(N)n(Cc2ccccc2)c(=O)[nH]c1=O)Cc1csc(-c2cccs2)n1. The number of rotatable bonds is 8. The standard InChI is InChI=1S/C23H24N6O3S2/c1-27(12-16-14-34-22(25-16)17-9-6-10-33-17)13-18(30)28(2)19-20(24)29(23(32)26-21(19)31)11-15-7-4-3-5-8-15/h3-10,14H,11-13,24H2,1-2H3,(H,26,31,32). The Hall–Kier alpha value is -3.54. The minimum Gasteiger partial charge on any atom is -0.383 e. The summed E-state index contributed by atoms with van der Waals surface area (Å²) >= 11 is 3.19. The minimum absolute atomic E-state index is 0.0407. The van der Waals surface area contributed by atoms with E-state index in [0.29, 0.717) is 6.54 Å². The Labute approximate surface area is 203 Å². The first kappa shape index (κ1) is 23.6. The average molecular weight is 497 g/mol. The molecule has 0 atom stereocenters. The summed E-state index contributed by atoms with van der Waals surface area (Å²) in [4.78, 5) is 48.9. The maximum absolute atomic E-state index is 13.0. The van der Waals surface area contributed by atoms with Crippen LogP contribution >= 0.6 is 22.7 Å². The van der Waals surface area contributed by atoms with Crippen molar-refractivity contribution in [2.45, 2.75) is 13.1 Å². The third kappa shape index (κ3) is 5.16. The van der Waals surface area contributed by atoms with Gasteiger partial charge in [0.05, 0.1) is 23.7 Å². The van der Waals surface area contributed by atoms with Gasteiger partial charge in [0.1, 0.15) is 10.8 Å². The van der Waals surface area contributed by atoms with Gasteiger partial charge in [0.2, 0.25) is 5.91 Å². The molecular formula is C23H24N6O3S2. The molecule has 0 aliphatic carbocycles. The number of aromatic amines is 1. The normalized spacial score (nSPS) is 11.1. The van der Waals surface area contributed by atoms with Gasteiger partial charge in [0.15, 0.2) is 5.69 Å². The molecular weight excluding hydrogens is 472 g/mol. The highest BCUT2D eigenvalue weighted by atomic mass is 32.1. The predicted molar refractivity (Wildman–Crippen MR) is 136 cm³/mol. The number of H-pyrrole nitrogens is 1. The van der Waals surface area contributed by atoms with E-state index in [1.165, 1.54) is 16.5 Å². The van der Waals surface area contributed by atoms with Crippen molar-refractivity contribution in [2.75, 3.05) is 31.3 Å². The third-order valence-electron chi connectivity index (χ3n) is 5.23. The van der Waals surface area contributed by atoms with Gasteiger partial charge >= 0.3 is 5.69 Å². The molecule has 0 saturated heterocycles. The molecule has 4 aromatic rings. The molecule has 0 aliphatic heterocycles. The number of hydrogen-bond donors (Lipinski definition) is 2. The molecule has 176 valence electrons. The largest absolute Gasteiger partial charge is 0.383 e. The molecule has 0 aliphatic rings. The molecule has 0 radical (unpaired) electrons. The van der Waals surface area contributed by atoms with Crippen molar-refractivity contribution in [3.63, 3.8) is 0 Å². The van der Waals surface area contributed by atoms with E-state index in [4.69, 9.17) is 5.73 Å². The van der Waals surface area contributed by atoms with Crippen LogP contribution < -0.4 is 21.9 Å². The smallest absolute Gasteiger partial charge is 0.330 e. The molecule has 1 amide bonds. The molecule has 34 heavy (non-hydrogen) atoms. The van der Waals surface area contributed by atoms with Crippen molar-refractivity contribution in [1.82, 2.24) is 19.4 Å². The van der Waals surface area contributed by atoms with Crippen LogP contribution in [0.25, 0.3) is 9.88 Å². The zero-order chi connectivity index (χ0) is 24.2. The Morgan fingerprint density at radius 3 is 2.59 bits per heavy atom.